The molecule has 0 bridgehead atoms. The number of ether oxygens (including phenoxy) is 1. The number of carbonyl (C=O) groups excluding carboxylic acids is 1. The zero-order valence-corrected chi connectivity index (χ0v) is 8.98. The number of halogens is 1. The van der Waals surface area contributed by atoms with Crippen LogP contribution in [0.5, 0.6) is 0 Å². The van der Waals surface area contributed by atoms with Gasteiger partial charge in [-0.2, -0.15) is 0 Å². The third-order valence-electron chi connectivity index (χ3n) is 1.13. The molecule has 0 heterocycles. The smallest absolute Gasteiger partial charge is 0.384 e. The van der Waals surface area contributed by atoms with E-state index in [4.69, 9.17) is 0 Å². The van der Waals surface area contributed by atoms with E-state index in [1.54, 1.807) is 6.92 Å². The molecule has 0 radical (unpaired) electrons. The standard InChI is InChI=1S/C9H13BrO2/c1-3-12-9(11)7-5-4-6-8(2)10/h8H,3-4,6H2,1-2H3. The van der Waals surface area contributed by atoms with Crippen LogP contribution in [0.25, 0.3) is 0 Å². The van der Waals surface area contributed by atoms with Crippen molar-refractivity contribution in [1.82, 2.24) is 0 Å². The predicted molar refractivity (Wildman–Crippen MR) is 52.0 cm³/mol. The van der Waals surface area contributed by atoms with Gasteiger partial charge >= 0.3 is 5.97 Å². The lowest BCUT2D eigenvalue weighted by atomic mass is 10.2. The van der Waals surface area contributed by atoms with Crippen molar-refractivity contribution in [3.63, 3.8) is 0 Å². The summed E-state index contributed by atoms with van der Waals surface area (Å²) in [6.07, 6.45) is 1.68. The van der Waals surface area contributed by atoms with Crippen LogP contribution in [-0.4, -0.2) is 17.4 Å². The molecule has 0 aromatic carbocycles. The number of rotatable bonds is 3. The zero-order valence-electron chi connectivity index (χ0n) is 7.39. The summed E-state index contributed by atoms with van der Waals surface area (Å²) in [5.41, 5.74) is 0. The van der Waals surface area contributed by atoms with E-state index in [-0.39, 0.29) is 0 Å². The molecule has 0 aromatic heterocycles. The average Bonchev–Trinajstić information content (AvgIpc) is 1.98. The second-order valence-corrected chi connectivity index (χ2v) is 3.90. The zero-order chi connectivity index (χ0) is 9.40. The van der Waals surface area contributed by atoms with Crippen molar-refractivity contribution in [2.24, 2.45) is 0 Å². The van der Waals surface area contributed by atoms with E-state index in [0.29, 0.717) is 11.4 Å². The first-order valence-corrected chi connectivity index (χ1v) is 4.88. The monoisotopic (exact) mass is 232 g/mol. The molecule has 0 fully saturated rings. The third-order valence-corrected chi connectivity index (χ3v) is 1.59. The Morgan fingerprint density at radius 3 is 2.83 bits per heavy atom. The topological polar surface area (TPSA) is 26.3 Å². The molecule has 0 rings (SSSR count). The summed E-state index contributed by atoms with van der Waals surface area (Å²) >= 11 is 3.39. The minimum atomic E-state index is -0.431. The lowest BCUT2D eigenvalue weighted by molar-refractivity contribution is -0.136. The molecule has 0 saturated heterocycles. The van der Waals surface area contributed by atoms with Gasteiger partial charge < -0.3 is 4.74 Å². The Labute approximate surface area is 81.8 Å². The number of carbonyl (C=O) groups is 1. The minimum Gasteiger partial charge on any atom is -0.456 e. The lowest BCUT2D eigenvalue weighted by Gasteiger charge is -1.95. The largest absolute Gasteiger partial charge is 0.456 e. The Morgan fingerprint density at radius 1 is 1.67 bits per heavy atom. The molecule has 0 aliphatic heterocycles. The van der Waals surface area contributed by atoms with Gasteiger partial charge in [-0.3, -0.25) is 0 Å². The van der Waals surface area contributed by atoms with Crippen LogP contribution >= 0.6 is 15.9 Å². The Bertz CT molecular complexity index is 188. The molecule has 0 N–H and O–H groups in total. The second-order valence-electron chi connectivity index (χ2n) is 2.34. The maximum atomic E-state index is 10.7. The molecule has 0 aromatic rings. The molecule has 68 valence electrons. The van der Waals surface area contributed by atoms with Crippen LogP contribution in [0.2, 0.25) is 0 Å². The van der Waals surface area contributed by atoms with Crippen molar-refractivity contribution in [1.29, 1.82) is 0 Å². The van der Waals surface area contributed by atoms with Gasteiger partial charge in [0, 0.05) is 17.2 Å². The molecule has 2 nitrogen and oxygen atoms in total. The highest BCUT2D eigenvalue weighted by Crippen LogP contribution is 2.04. The highest BCUT2D eigenvalue weighted by Gasteiger charge is 1.93. The van der Waals surface area contributed by atoms with Crippen LogP contribution in [0.4, 0.5) is 0 Å². The number of hydrogen-bond donors (Lipinski definition) is 0. The Hall–Kier alpha value is -0.490. The normalized spacial score (nSPS) is 11.2. The molecule has 3 heteroatoms. The van der Waals surface area contributed by atoms with E-state index >= 15 is 0 Å². The van der Waals surface area contributed by atoms with Gasteiger partial charge in [-0.1, -0.05) is 28.8 Å². The van der Waals surface area contributed by atoms with Crippen LogP contribution in [0.3, 0.4) is 0 Å². The molecule has 0 aliphatic rings. The maximum absolute atomic E-state index is 10.7. The Morgan fingerprint density at radius 2 is 2.33 bits per heavy atom. The van der Waals surface area contributed by atoms with Crippen molar-refractivity contribution in [2.45, 2.75) is 31.5 Å². The molecule has 0 saturated carbocycles. The molecule has 1 unspecified atom stereocenters. The SMILES string of the molecule is CCOC(=O)C#CCCC(C)Br. The molecule has 0 amide bonds. The van der Waals surface area contributed by atoms with Crippen molar-refractivity contribution >= 4 is 21.9 Å². The maximum Gasteiger partial charge on any atom is 0.384 e. The summed E-state index contributed by atoms with van der Waals surface area (Å²) in [4.78, 5) is 11.1. The second kappa shape index (κ2) is 7.17. The summed E-state index contributed by atoms with van der Waals surface area (Å²) < 4.78 is 4.62. The summed E-state index contributed by atoms with van der Waals surface area (Å²) in [6.45, 7) is 4.20. The quantitative estimate of drug-likeness (QED) is 0.323. The van der Waals surface area contributed by atoms with E-state index < -0.39 is 5.97 Å². The summed E-state index contributed by atoms with van der Waals surface area (Å²) in [5.74, 6) is 4.72. The molecular weight excluding hydrogens is 220 g/mol. The molecule has 0 aliphatic carbocycles. The van der Waals surface area contributed by atoms with Crippen LogP contribution in [0.1, 0.15) is 26.7 Å². The fourth-order valence-electron chi connectivity index (χ4n) is 0.573. The average molecular weight is 233 g/mol. The van der Waals surface area contributed by atoms with E-state index in [9.17, 15) is 4.79 Å². The first kappa shape index (κ1) is 11.5. The van der Waals surface area contributed by atoms with Crippen LogP contribution in [0.15, 0.2) is 0 Å². The highest BCUT2D eigenvalue weighted by atomic mass is 79.9. The summed E-state index contributed by atoms with van der Waals surface area (Å²) in [6, 6.07) is 0. The predicted octanol–water partition coefficient (Wildman–Crippen LogP) is 2.12. The van der Waals surface area contributed by atoms with Crippen LogP contribution in [-0.2, 0) is 9.53 Å². The van der Waals surface area contributed by atoms with Crippen molar-refractivity contribution in [3.8, 4) is 11.8 Å². The fourth-order valence-corrected chi connectivity index (χ4v) is 0.802. The van der Waals surface area contributed by atoms with E-state index in [0.717, 1.165) is 12.8 Å². The highest BCUT2D eigenvalue weighted by molar-refractivity contribution is 9.09. The molecule has 1 atom stereocenters. The van der Waals surface area contributed by atoms with Crippen molar-refractivity contribution in [3.05, 3.63) is 0 Å². The van der Waals surface area contributed by atoms with Gasteiger partial charge in [0.2, 0.25) is 0 Å². The van der Waals surface area contributed by atoms with E-state index in [2.05, 4.69) is 32.5 Å². The van der Waals surface area contributed by atoms with E-state index in [1.807, 2.05) is 6.92 Å². The first-order valence-electron chi connectivity index (χ1n) is 3.96. The number of hydrogen-bond acceptors (Lipinski definition) is 2. The lowest BCUT2D eigenvalue weighted by Crippen LogP contribution is -1.99. The number of alkyl halides is 1. The van der Waals surface area contributed by atoms with Crippen LogP contribution in [0, 0.1) is 11.8 Å². The summed E-state index contributed by atoms with van der Waals surface area (Å²) in [5, 5.41) is 0. The van der Waals surface area contributed by atoms with Gasteiger partial charge in [0.05, 0.1) is 6.61 Å². The van der Waals surface area contributed by atoms with Crippen LogP contribution < -0.4 is 0 Å². The third kappa shape index (κ3) is 7.62. The van der Waals surface area contributed by atoms with Crippen molar-refractivity contribution < 1.29 is 9.53 Å². The minimum absolute atomic E-state index is 0.391. The van der Waals surface area contributed by atoms with E-state index in [1.165, 1.54) is 0 Å². The van der Waals surface area contributed by atoms with Gasteiger partial charge in [-0.05, 0) is 13.3 Å². The fraction of sp³-hybridized carbons (Fsp3) is 0.667. The Kier molecular flexibility index (Phi) is 6.88. The van der Waals surface area contributed by atoms with Gasteiger partial charge in [0.15, 0.2) is 0 Å². The van der Waals surface area contributed by atoms with Gasteiger partial charge in [0.1, 0.15) is 0 Å². The van der Waals surface area contributed by atoms with Crippen molar-refractivity contribution in [2.75, 3.05) is 6.61 Å². The first-order chi connectivity index (χ1) is 5.66. The molecule has 12 heavy (non-hydrogen) atoms. The summed E-state index contributed by atoms with van der Waals surface area (Å²) in [7, 11) is 0. The molecular formula is C9H13BrO2. The van der Waals surface area contributed by atoms with Gasteiger partial charge in [-0.15, -0.1) is 0 Å². The van der Waals surface area contributed by atoms with Gasteiger partial charge in [0.25, 0.3) is 0 Å². The Balaban J connectivity index is 3.51. The number of esters is 1. The van der Waals surface area contributed by atoms with Gasteiger partial charge in [-0.25, -0.2) is 4.79 Å². The molecule has 0 spiro atoms.